The van der Waals surface area contributed by atoms with Gasteiger partial charge in [-0.1, -0.05) is 12.1 Å². The van der Waals surface area contributed by atoms with Crippen molar-refractivity contribution in [1.82, 2.24) is 10.9 Å². The standard InChI is InChI=1S/C8H6O4.C2H8N2/c9-7(10)5-3-1-2-4-6(5)8(11)12;1-3-4-2/h1-4H,(H,9,10)(H,11,12);3-4H,1-2H3. The molecule has 0 radical (unpaired) electrons. The predicted molar refractivity (Wildman–Crippen MR) is 58.5 cm³/mol. The summed E-state index contributed by atoms with van der Waals surface area (Å²) in [4.78, 5) is 20.9. The molecule has 0 aliphatic carbocycles. The molecule has 4 N–H and O–H groups in total. The summed E-state index contributed by atoms with van der Waals surface area (Å²) in [5.74, 6) is -2.46. The molecule has 0 spiro atoms. The van der Waals surface area contributed by atoms with E-state index in [1.54, 1.807) is 0 Å². The Hall–Kier alpha value is -1.92. The number of benzene rings is 1. The van der Waals surface area contributed by atoms with Crippen molar-refractivity contribution < 1.29 is 19.8 Å². The van der Waals surface area contributed by atoms with E-state index < -0.39 is 11.9 Å². The molecular weight excluding hydrogens is 212 g/mol. The molecular formula is C10H14N2O4. The Morgan fingerprint density at radius 3 is 1.44 bits per heavy atom. The molecule has 0 amide bonds. The van der Waals surface area contributed by atoms with Crippen LogP contribution in [0.2, 0.25) is 0 Å². The van der Waals surface area contributed by atoms with Gasteiger partial charge in [0.05, 0.1) is 11.1 Å². The molecule has 1 rings (SSSR count). The highest BCUT2D eigenvalue weighted by Crippen LogP contribution is 2.07. The topological polar surface area (TPSA) is 98.7 Å². The maximum absolute atomic E-state index is 10.5. The maximum Gasteiger partial charge on any atom is 0.336 e. The fourth-order valence-electron chi connectivity index (χ4n) is 0.856. The van der Waals surface area contributed by atoms with E-state index in [-0.39, 0.29) is 11.1 Å². The summed E-state index contributed by atoms with van der Waals surface area (Å²) in [6.07, 6.45) is 0. The minimum atomic E-state index is -1.23. The molecule has 0 saturated carbocycles. The number of hydrogen-bond donors (Lipinski definition) is 4. The van der Waals surface area contributed by atoms with Gasteiger partial charge < -0.3 is 10.2 Å². The van der Waals surface area contributed by atoms with Crippen molar-refractivity contribution in [2.24, 2.45) is 0 Å². The quantitative estimate of drug-likeness (QED) is 0.558. The van der Waals surface area contributed by atoms with Crippen LogP contribution >= 0.6 is 0 Å². The molecule has 6 heteroatoms. The average molecular weight is 226 g/mol. The first-order chi connectivity index (χ1) is 7.54. The lowest BCUT2D eigenvalue weighted by molar-refractivity contribution is 0.0651. The predicted octanol–water partition coefficient (Wildman–Crippen LogP) is 0.423. The maximum atomic E-state index is 10.5. The molecule has 0 heterocycles. The van der Waals surface area contributed by atoms with Crippen LogP contribution in [0.15, 0.2) is 24.3 Å². The van der Waals surface area contributed by atoms with Gasteiger partial charge in [0.2, 0.25) is 0 Å². The van der Waals surface area contributed by atoms with Crippen LogP contribution in [0.4, 0.5) is 0 Å². The first kappa shape index (κ1) is 14.1. The van der Waals surface area contributed by atoms with E-state index >= 15 is 0 Å². The van der Waals surface area contributed by atoms with Crippen molar-refractivity contribution in [1.29, 1.82) is 0 Å². The van der Waals surface area contributed by atoms with E-state index in [1.165, 1.54) is 24.3 Å². The number of hydrogen-bond acceptors (Lipinski definition) is 4. The average Bonchev–Trinajstić information content (AvgIpc) is 2.29. The van der Waals surface area contributed by atoms with Gasteiger partial charge in [0, 0.05) is 0 Å². The number of carbonyl (C=O) groups is 2. The van der Waals surface area contributed by atoms with Crippen molar-refractivity contribution in [2.75, 3.05) is 14.1 Å². The molecule has 88 valence electrons. The van der Waals surface area contributed by atoms with Gasteiger partial charge >= 0.3 is 11.9 Å². The largest absolute Gasteiger partial charge is 0.478 e. The summed E-state index contributed by atoms with van der Waals surface area (Å²) >= 11 is 0. The van der Waals surface area contributed by atoms with Gasteiger partial charge in [-0.25, -0.2) is 9.59 Å². The van der Waals surface area contributed by atoms with Crippen molar-refractivity contribution in [3.05, 3.63) is 35.4 Å². The summed E-state index contributed by atoms with van der Waals surface area (Å²) in [5.41, 5.74) is 4.98. The Labute approximate surface area is 92.9 Å². The molecule has 0 unspecified atom stereocenters. The Morgan fingerprint density at radius 1 is 0.938 bits per heavy atom. The van der Waals surface area contributed by atoms with Crippen molar-refractivity contribution in [3.63, 3.8) is 0 Å². The molecule has 0 aliphatic rings. The molecule has 1 aromatic carbocycles. The highest BCUT2D eigenvalue weighted by atomic mass is 16.4. The van der Waals surface area contributed by atoms with Gasteiger partial charge in [-0.15, -0.1) is 0 Å². The van der Waals surface area contributed by atoms with Crippen LogP contribution in [0.3, 0.4) is 0 Å². The zero-order chi connectivity index (χ0) is 12.6. The first-order valence-corrected chi connectivity index (χ1v) is 4.43. The van der Waals surface area contributed by atoms with Gasteiger partial charge in [-0.2, -0.15) is 0 Å². The second-order valence-electron chi connectivity index (χ2n) is 2.66. The fourth-order valence-corrected chi connectivity index (χ4v) is 0.856. The van der Waals surface area contributed by atoms with Crippen LogP contribution in [0.1, 0.15) is 20.7 Å². The fraction of sp³-hybridized carbons (Fsp3) is 0.200. The van der Waals surface area contributed by atoms with E-state index in [1.807, 2.05) is 14.1 Å². The van der Waals surface area contributed by atoms with E-state index in [9.17, 15) is 9.59 Å². The number of rotatable bonds is 3. The van der Waals surface area contributed by atoms with Crippen molar-refractivity contribution in [2.45, 2.75) is 0 Å². The van der Waals surface area contributed by atoms with Crippen molar-refractivity contribution in [3.8, 4) is 0 Å². The summed E-state index contributed by atoms with van der Waals surface area (Å²) in [5, 5.41) is 17.1. The van der Waals surface area contributed by atoms with E-state index in [0.717, 1.165) is 0 Å². The zero-order valence-electron chi connectivity index (χ0n) is 9.02. The third-order valence-electron chi connectivity index (χ3n) is 1.64. The third kappa shape index (κ3) is 4.54. The van der Waals surface area contributed by atoms with Crippen molar-refractivity contribution >= 4 is 11.9 Å². The number of aromatic carboxylic acids is 2. The van der Waals surface area contributed by atoms with E-state index in [0.29, 0.717) is 0 Å². The highest BCUT2D eigenvalue weighted by Gasteiger charge is 2.13. The summed E-state index contributed by atoms with van der Waals surface area (Å²) in [6, 6.07) is 5.48. The van der Waals surface area contributed by atoms with Crippen LogP contribution in [-0.4, -0.2) is 36.2 Å². The molecule has 6 nitrogen and oxygen atoms in total. The SMILES string of the molecule is CNNC.O=C(O)c1ccccc1C(=O)O. The van der Waals surface area contributed by atoms with Gasteiger partial charge in [-0.3, -0.25) is 10.9 Å². The highest BCUT2D eigenvalue weighted by molar-refractivity contribution is 6.01. The van der Waals surface area contributed by atoms with Gasteiger partial charge in [-0.05, 0) is 26.2 Å². The van der Waals surface area contributed by atoms with E-state index in [2.05, 4.69) is 10.9 Å². The summed E-state index contributed by atoms with van der Waals surface area (Å²) < 4.78 is 0. The monoisotopic (exact) mass is 226 g/mol. The zero-order valence-corrected chi connectivity index (χ0v) is 9.02. The summed E-state index contributed by atoms with van der Waals surface area (Å²) in [6.45, 7) is 0. The Morgan fingerprint density at radius 2 is 1.25 bits per heavy atom. The van der Waals surface area contributed by atoms with Crippen LogP contribution < -0.4 is 10.9 Å². The lowest BCUT2D eigenvalue weighted by Crippen LogP contribution is -2.21. The Balaban J connectivity index is 0.000000487. The molecule has 0 saturated heterocycles. The normalized spacial score (nSPS) is 8.88. The smallest absolute Gasteiger partial charge is 0.336 e. The Bertz CT molecular complexity index is 331. The summed E-state index contributed by atoms with van der Waals surface area (Å²) in [7, 11) is 3.64. The van der Waals surface area contributed by atoms with Crippen LogP contribution in [0.25, 0.3) is 0 Å². The molecule has 16 heavy (non-hydrogen) atoms. The lowest BCUT2D eigenvalue weighted by atomic mass is 10.1. The number of carboxylic acid groups (broad SMARTS) is 2. The molecule has 0 fully saturated rings. The lowest BCUT2D eigenvalue weighted by Gasteiger charge is -1.98. The molecule has 0 atom stereocenters. The number of carboxylic acids is 2. The number of hydrazine groups is 1. The van der Waals surface area contributed by atoms with Crippen LogP contribution in [0.5, 0.6) is 0 Å². The van der Waals surface area contributed by atoms with Crippen LogP contribution in [-0.2, 0) is 0 Å². The number of nitrogens with one attached hydrogen (secondary N) is 2. The van der Waals surface area contributed by atoms with Gasteiger partial charge in [0.25, 0.3) is 0 Å². The minimum absolute atomic E-state index is 0.190. The molecule has 1 aromatic rings. The minimum Gasteiger partial charge on any atom is -0.478 e. The first-order valence-electron chi connectivity index (χ1n) is 4.43. The molecule has 0 aliphatic heterocycles. The molecule has 0 bridgehead atoms. The van der Waals surface area contributed by atoms with E-state index in [4.69, 9.17) is 10.2 Å². The second-order valence-corrected chi connectivity index (χ2v) is 2.66. The Kier molecular flexibility index (Phi) is 6.50. The second kappa shape index (κ2) is 7.38. The van der Waals surface area contributed by atoms with Gasteiger partial charge in [0.15, 0.2) is 0 Å². The third-order valence-corrected chi connectivity index (χ3v) is 1.64. The molecule has 0 aromatic heterocycles. The van der Waals surface area contributed by atoms with Crippen LogP contribution in [0, 0.1) is 0 Å². The van der Waals surface area contributed by atoms with Gasteiger partial charge in [0.1, 0.15) is 0 Å².